The van der Waals surface area contributed by atoms with Crippen molar-refractivity contribution in [2.45, 2.75) is 94.3 Å². The Kier molecular flexibility index (Phi) is 9.06. The smallest absolute Gasteiger partial charge is 0.247 e. The number of ether oxygens (including phenoxy) is 1. The van der Waals surface area contributed by atoms with E-state index in [9.17, 15) is 14.4 Å². The van der Waals surface area contributed by atoms with E-state index in [2.05, 4.69) is 40.2 Å². The second-order valence-electron chi connectivity index (χ2n) is 12.1. The SMILES string of the molecule is CN[C@H](C)C(=O)N[C@@H]1CC(CSc2ccccc2)OC2CC(C)(C)C(C(=O)N[C@H]3CCCc4ccccc43)N2C1=O. The first-order valence-corrected chi connectivity index (χ1v) is 15.7. The lowest BCUT2D eigenvalue weighted by Gasteiger charge is -2.35. The van der Waals surface area contributed by atoms with Crippen LogP contribution in [0.3, 0.4) is 0 Å². The van der Waals surface area contributed by atoms with Crippen molar-refractivity contribution < 1.29 is 19.1 Å². The molecule has 2 heterocycles. The van der Waals surface area contributed by atoms with Crippen molar-refractivity contribution >= 4 is 29.5 Å². The van der Waals surface area contributed by atoms with E-state index in [0.717, 1.165) is 29.7 Å². The number of benzene rings is 2. The van der Waals surface area contributed by atoms with Gasteiger partial charge in [-0.05, 0) is 61.9 Å². The molecule has 1 aliphatic carbocycles. The van der Waals surface area contributed by atoms with Gasteiger partial charge in [-0.2, -0.15) is 0 Å². The van der Waals surface area contributed by atoms with Gasteiger partial charge in [-0.1, -0.05) is 56.3 Å². The molecule has 3 aliphatic rings. The summed E-state index contributed by atoms with van der Waals surface area (Å²) >= 11 is 1.67. The summed E-state index contributed by atoms with van der Waals surface area (Å²) in [6, 6.07) is 16.3. The van der Waals surface area contributed by atoms with E-state index in [0.29, 0.717) is 18.6 Å². The molecule has 220 valence electrons. The quantitative estimate of drug-likeness (QED) is 0.412. The number of hydrogen-bond donors (Lipinski definition) is 3. The zero-order valence-electron chi connectivity index (χ0n) is 24.4. The second-order valence-corrected chi connectivity index (χ2v) is 13.2. The number of fused-ring (bicyclic) bond motifs is 2. The zero-order chi connectivity index (χ0) is 29.1. The van der Waals surface area contributed by atoms with Crippen molar-refractivity contribution in [2.75, 3.05) is 12.8 Å². The van der Waals surface area contributed by atoms with Crippen LogP contribution in [-0.4, -0.2) is 65.9 Å². The van der Waals surface area contributed by atoms with Gasteiger partial charge in [0.1, 0.15) is 18.3 Å². The molecule has 3 unspecified atom stereocenters. The van der Waals surface area contributed by atoms with Crippen LogP contribution >= 0.6 is 11.8 Å². The Bertz CT molecular complexity index is 1260. The number of aryl methyl sites for hydroxylation is 1. The van der Waals surface area contributed by atoms with E-state index < -0.39 is 29.8 Å². The molecule has 2 fully saturated rings. The zero-order valence-corrected chi connectivity index (χ0v) is 25.2. The molecular formula is C32H42N4O4S. The number of hydrogen-bond acceptors (Lipinski definition) is 6. The number of nitrogens with one attached hydrogen (secondary N) is 3. The lowest BCUT2D eigenvalue weighted by atomic mass is 9.82. The predicted molar refractivity (Wildman–Crippen MR) is 160 cm³/mol. The summed E-state index contributed by atoms with van der Waals surface area (Å²) in [5.41, 5.74) is 1.91. The Hall–Kier alpha value is -2.88. The highest BCUT2D eigenvalue weighted by Crippen LogP contribution is 2.44. The molecule has 0 saturated carbocycles. The van der Waals surface area contributed by atoms with Gasteiger partial charge >= 0.3 is 0 Å². The van der Waals surface area contributed by atoms with Crippen LogP contribution in [0.5, 0.6) is 0 Å². The largest absolute Gasteiger partial charge is 0.354 e. The van der Waals surface area contributed by atoms with Gasteiger partial charge in [-0.25, -0.2) is 0 Å². The average molecular weight is 579 g/mol. The summed E-state index contributed by atoms with van der Waals surface area (Å²) in [6.45, 7) is 5.82. The summed E-state index contributed by atoms with van der Waals surface area (Å²) < 4.78 is 6.63. The van der Waals surface area contributed by atoms with Crippen LogP contribution in [0.25, 0.3) is 0 Å². The Morgan fingerprint density at radius 2 is 1.80 bits per heavy atom. The molecule has 8 nitrogen and oxygen atoms in total. The third-order valence-corrected chi connectivity index (χ3v) is 9.83. The van der Waals surface area contributed by atoms with Crippen LogP contribution in [0.4, 0.5) is 0 Å². The minimum atomic E-state index is -0.788. The standard InChI is InChI=1S/C32H42N4O4S/c1-20(33-4)29(37)35-26-17-22(19-41-23-13-6-5-7-14-23)40-27-18-32(2,3)28(36(27)31(26)39)30(38)34-25-16-10-12-21-11-8-9-15-24(21)25/h5-9,11,13-15,20,22,25-28,33H,10,12,16-19H2,1-4H3,(H,34,38)(H,35,37)/t20-,22?,25+,26-,27?,28?/m1/s1. The number of likely N-dealkylation sites (N-methyl/N-ethyl adjacent to an activating group) is 1. The third-order valence-electron chi connectivity index (χ3n) is 8.69. The highest BCUT2D eigenvalue weighted by atomic mass is 32.2. The van der Waals surface area contributed by atoms with E-state index in [1.165, 1.54) is 5.56 Å². The summed E-state index contributed by atoms with van der Waals surface area (Å²) in [4.78, 5) is 44.0. The van der Waals surface area contributed by atoms with E-state index in [1.54, 1.807) is 30.6 Å². The first-order valence-electron chi connectivity index (χ1n) is 14.7. The molecule has 0 spiro atoms. The lowest BCUT2D eigenvalue weighted by molar-refractivity contribution is -0.151. The van der Waals surface area contributed by atoms with Gasteiger partial charge < -0.3 is 25.6 Å². The van der Waals surface area contributed by atoms with Gasteiger partial charge in [0, 0.05) is 23.5 Å². The number of amides is 3. The molecule has 5 rings (SSSR count). The Morgan fingerprint density at radius 1 is 1.07 bits per heavy atom. The fourth-order valence-electron chi connectivity index (χ4n) is 6.40. The predicted octanol–water partition coefficient (Wildman–Crippen LogP) is 3.81. The van der Waals surface area contributed by atoms with Gasteiger partial charge in [0.15, 0.2) is 0 Å². The fraction of sp³-hybridized carbons (Fsp3) is 0.531. The molecule has 3 N–H and O–H groups in total. The van der Waals surface area contributed by atoms with Crippen LogP contribution in [-0.2, 0) is 25.5 Å². The molecule has 0 radical (unpaired) electrons. The highest BCUT2D eigenvalue weighted by Gasteiger charge is 2.56. The summed E-state index contributed by atoms with van der Waals surface area (Å²) in [6.07, 6.45) is 2.93. The lowest BCUT2D eigenvalue weighted by Crippen LogP contribution is -2.58. The molecule has 41 heavy (non-hydrogen) atoms. The Morgan fingerprint density at radius 3 is 2.56 bits per heavy atom. The van der Waals surface area contributed by atoms with Gasteiger partial charge in [0.2, 0.25) is 17.7 Å². The molecule has 9 heteroatoms. The highest BCUT2D eigenvalue weighted by molar-refractivity contribution is 7.99. The van der Waals surface area contributed by atoms with Crippen LogP contribution in [0.15, 0.2) is 59.5 Å². The maximum atomic E-state index is 14.2. The molecule has 0 aromatic heterocycles. The molecule has 6 atom stereocenters. The van der Waals surface area contributed by atoms with E-state index in [4.69, 9.17) is 4.74 Å². The maximum Gasteiger partial charge on any atom is 0.247 e. The van der Waals surface area contributed by atoms with Gasteiger partial charge in [0.05, 0.1) is 18.2 Å². The van der Waals surface area contributed by atoms with Crippen molar-refractivity contribution in [3.8, 4) is 0 Å². The first kappa shape index (κ1) is 29.6. The normalized spacial score (nSPS) is 27.8. The number of carbonyl (C=O) groups is 3. The average Bonchev–Trinajstić information content (AvgIpc) is 3.17. The number of rotatable bonds is 8. The monoisotopic (exact) mass is 578 g/mol. The fourth-order valence-corrected chi connectivity index (χ4v) is 7.35. The maximum absolute atomic E-state index is 14.2. The van der Waals surface area contributed by atoms with Crippen LogP contribution < -0.4 is 16.0 Å². The molecule has 3 amide bonds. The van der Waals surface area contributed by atoms with E-state index >= 15 is 0 Å². The van der Waals surface area contributed by atoms with Crippen molar-refractivity contribution in [3.63, 3.8) is 0 Å². The summed E-state index contributed by atoms with van der Waals surface area (Å²) in [7, 11) is 1.71. The molecule has 2 aromatic rings. The number of carbonyl (C=O) groups excluding carboxylic acids is 3. The van der Waals surface area contributed by atoms with E-state index in [-0.39, 0.29) is 29.9 Å². The minimum absolute atomic E-state index is 0.0905. The molecule has 2 aromatic carbocycles. The topological polar surface area (TPSA) is 99.8 Å². The second kappa shape index (κ2) is 12.5. The molecule has 2 aliphatic heterocycles. The minimum Gasteiger partial charge on any atom is -0.354 e. The van der Waals surface area contributed by atoms with Gasteiger partial charge in [-0.3, -0.25) is 14.4 Å². The van der Waals surface area contributed by atoms with Crippen LogP contribution in [0, 0.1) is 5.41 Å². The summed E-state index contributed by atoms with van der Waals surface area (Å²) in [5.74, 6) is -0.0428. The number of nitrogens with zero attached hydrogens (tertiary/aromatic N) is 1. The van der Waals surface area contributed by atoms with Crippen molar-refractivity contribution in [1.82, 2.24) is 20.9 Å². The Labute approximate surface area is 247 Å². The van der Waals surface area contributed by atoms with Gasteiger partial charge in [-0.15, -0.1) is 11.8 Å². The van der Waals surface area contributed by atoms with Crippen molar-refractivity contribution in [2.24, 2.45) is 5.41 Å². The molecule has 0 bridgehead atoms. The molecule has 2 saturated heterocycles. The third kappa shape index (κ3) is 6.47. The van der Waals surface area contributed by atoms with Crippen molar-refractivity contribution in [3.05, 3.63) is 65.7 Å². The van der Waals surface area contributed by atoms with Gasteiger partial charge in [0.25, 0.3) is 0 Å². The Balaban J connectivity index is 1.40. The van der Waals surface area contributed by atoms with Crippen molar-refractivity contribution in [1.29, 1.82) is 0 Å². The van der Waals surface area contributed by atoms with E-state index in [1.807, 2.05) is 44.2 Å². The number of thioether (sulfide) groups is 1. The first-order chi connectivity index (χ1) is 19.7. The van der Waals surface area contributed by atoms with Crippen LogP contribution in [0.2, 0.25) is 0 Å². The summed E-state index contributed by atoms with van der Waals surface area (Å²) in [5, 5.41) is 9.21. The van der Waals surface area contributed by atoms with Crippen LogP contribution in [0.1, 0.15) is 63.6 Å². The molecular weight excluding hydrogens is 536 g/mol.